The Morgan fingerprint density at radius 1 is 1.36 bits per heavy atom. The summed E-state index contributed by atoms with van der Waals surface area (Å²) in [6.45, 7) is 0.576. The number of nitrogens with zero attached hydrogens (tertiary/aromatic N) is 1. The Hall–Kier alpha value is -2.00. The first-order chi connectivity index (χ1) is 10.5. The highest BCUT2D eigenvalue weighted by Crippen LogP contribution is 2.27. The lowest BCUT2D eigenvalue weighted by molar-refractivity contribution is 0.0960. The molecule has 1 amide bonds. The van der Waals surface area contributed by atoms with Crippen LogP contribution in [0.5, 0.6) is 0 Å². The number of aryl methyl sites for hydroxylation is 1. The highest BCUT2D eigenvalue weighted by molar-refractivity contribution is 7.93. The van der Waals surface area contributed by atoms with E-state index in [0.717, 1.165) is 29.9 Å². The van der Waals surface area contributed by atoms with Crippen molar-refractivity contribution < 1.29 is 17.6 Å². The minimum atomic E-state index is -3.94. The van der Waals surface area contributed by atoms with Crippen molar-refractivity contribution in [2.45, 2.75) is 17.7 Å². The maximum Gasteiger partial charge on any atom is 0.263 e. The summed E-state index contributed by atoms with van der Waals surface area (Å²) in [6.07, 6.45) is 1.35. The molecule has 116 valence electrons. The van der Waals surface area contributed by atoms with Crippen LogP contribution < -0.4 is 10.0 Å². The van der Waals surface area contributed by atoms with Crippen LogP contribution in [0.4, 0.5) is 9.52 Å². The van der Waals surface area contributed by atoms with Gasteiger partial charge in [0.05, 0.1) is 10.6 Å². The third kappa shape index (κ3) is 2.95. The topological polar surface area (TPSA) is 88.2 Å². The normalized spacial score (nSPS) is 14.9. The number of halogens is 1. The number of carbonyl (C=O) groups is 1. The van der Waals surface area contributed by atoms with Gasteiger partial charge in [0.1, 0.15) is 10.7 Å². The lowest BCUT2D eigenvalue weighted by Gasteiger charge is -2.05. The summed E-state index contributed by atoms with van der Waals surface area (Å²) in [5, 5.41) is 2.82. The number of thiazole rings is 1. The Balaban J connectivity index is 1.90. The first-order valence-electron chi connectivity index (χ1n) is 6.52. The average molecular weight is 341 g/mol. The van der Waals surface area contributed by atoms with Gasteiger partial charge in [0.2, 0.25) is 0 Å². The van der Waals surface area contributed by atoms with E-state index in [4.69, 9.17) is 0 Å². The number of nitrogens with one attached hydrogen (secondary N) is 2. The van der Waals surface area contributed by atoms with Gasteiger partial charge in [-0.1, -0.05) is 17.4 Å². The quantitative estimate of drug-likeness (QED) is 0.890. The van der Waals surface area contributed by atoms with Gasteiger partial charge in [0.15, 0.2) is 5.13 Å². The Morgan fingerprint density at radius 2 is 2.18 bits per heavy atom. The molecule has 1 aliphatic rings. The highest BCUT2D eigenvalue weighted by Gasteiger charge is 2.23. The van der Waals surface area contributed by atoms with Crippen molar-refractivity contribution in [3.8, 4) is 0 Å². The molecule has 2 heterocycles. The molecule has 3 rings (SSSR count). The zero-order chi connectivity index (χ0) is 15.7. The zero-order valence-electron chi connectivity index (χ0n) is 11.3. The Morgan fingerprint density at radius 3 is 2.95 bits per heavy atom. The lowest BCUT2D eigenvalue weighted by Crippen LogP contribution is -2.21. The van der Waals surface area contributed by atoms with Crippen LogP contribution in [0.2, 0.25) is 0 Å². The molecule has 1 aliphatic heterocycles. The number of anilines is 1. The molecule has 0 aliphatic carbocycles. The van der Waals surface area contributed by atoms with E-state index >= 15 is 0 Å². The summed E-state index contributed by atoms with van der Waals surface area (Å²) >= 11 is 0.975. The predicted molar refractivity (Wildman–Crippen MR) is 80.0 cm³/mol. The minimum Gasteiger partial charge on any atom is -0.351 e. The van der Waals surface area contributed by atoms with Gasteiger partial charge < -0.3 is 5.32 Å². The number of amides is 1. The monoisotopic (exact) mass is 341 g/mol. The van der Waals surface area contributed by atoms with Crippen molar-refractivity contribution in [3.63, 3.8) is 0 Å². The molecule has 0 saturated heterocycles. The first-order valence-corrected chi connectivity index (χ1v) is 8.82. The molecule has 2 aromatic rings. The molecule has 1 aromatic carbocycles. The molecule has 0 atom stereocenters. The number of hydrogen-bond acceptors (Lipinski definition) is 5. The predicted octanol–water partition coefficient (Wildman–Crippen LogP) is 1.76. The standard InChI is InChI=1S/C13H12FN3O3S2/c14-8-3-1-4-9(7-8)22(19,20)17-13-16-10-5-2-6-15-12(18)11(10)21-13/h1,3-4,7H,2,5-6H2,(H,15,18)(H,16,17). The second-order valence-corrected chi connectivity index (χ2v) is 7.40. The van der Waals surface area contributed by atoms with Crippen LogP contribution in [0.3, 0.4) is 0 Å². The smallest absolute Gasteiger partial charge is 0.263 e. The van der Waals surface area contributed by atoms with Crippen molar-refractivity contribution in [1.29, 1.82) is 0 Å². The molecule has 0 saturated carbocycles. The summed E-state index contributed by atoms with van der Waals surface area (Å²) in [6, 6.07) is 4.69. The summed E-state index contributed by atoms with van der Waals surface area (Å²) in [7, 11) is -3.94. The third-order valence-electron chi connectivity index (χ3n) is 3.11. The van der Waals surface area contributed by atoms with Crippen LogP contribution in [0.25, 0.3) is 0 Å². The van der Waals surface area contributed by atoms with Crippen molar-refractivity contribution in [1.82, 2.24) is 10.3 Å². The Labute approximate surface area is 130 Å². The van der Waals surface area contributed by atoms with Crippen molar-refractivity contribution in [2.75, 3.05) is 11.3 Å². The largest absolute Gasteiger partial charge is 0.351 e. The van der Waals surface area contributed by atoms with E-state index in [0.29, 0.717) is 23.5 Å². The van der Waals surface area contributed by atoms with Gasteiger partial charge in [-0.3, -0.25) is 9.52 Å². The molecule has 2 N–H and O–H groups in total. The summed E-state index contributed by atoms with van der Waals surface area (Å²) in [4.78, 5) is 16.2. The molecule has 0 fully saturated rings. The number of hydrogen-bond donors (Lipinski definition) is 2. The molecule has 0 spiro atoms. The van der Waals surface area contributed by atoms with E-state index in [1.807, 2.05) is 0 Å². The minimum absolute atomic E-state index is 0.103. The summed E-state index contributed by atoms with van der Waals surface area (Å²) in [5.74, 6) is -0.890. The van der Waals surface area contributed by atoms with Crippen LogP contribution >= 0.6 is 11.3 Å². The molecule has 0 unspecified atom stereocenters. The number of sulfonamides is 1. The summed E-state index contributed by atoms with van der Waals surface area (Å²) < 4.78 is 39.9. The Bertz CT molecular complexity index is 833. The second-order valence-electron chi connectivity index (χ2n) is 4.72. The van der Waals surface area contributed by atoms with Gasteiger partial charge in [-0.15, -0.1) is 0 Å². The molecule has 0 bridgehead atoms. The van der Waals surface area contributed by atoms with E-state index in [1.54, 1.807) is 0 Å². The van der Waals surface area contributed by atoms with Crippen LogP contribution in [-0.2, 0) is 16.4 Å². The SMILES string of the molecule is O=C1NCCCc2nc(NS(=O)(=O)c3cccc(F)c3)sc21. The van der Waals surface area contributed by atoms with Gasteiger partial charge in [0.25, 0.3) is 15.9 Å². The molecular formula is C13H12FN3O3S2. The fourth-order valence-electron chi connectivity index (χ4n) is 2.09. The average Bonchev–Trinajstić information content (AvgIpc) is 2.77. The van der Waals surface area contributed by atoms with E-state index < -0.39 is 15.8 Å². The first kappa shape index (κ1) is 14.9. The van der Waals surface area contributed by atoms with Crippen LogP contribution in [0, 0.1) is 5.82 Å². The van der Waals surface area contributed by atoms with E-state index in [1.165, 1.54) is 12.1 Å². The molecule has 9 heteroatoms. The van der Waals surface area contributed by atoms with Gasteiger partial charge in [-0.2, -0.15) is 0 Å². The van der Waals surface area contributed by atoms with Crippen molar-refractivity contribution in [2.24, 2.45) is 0 Å². The van der Waals surface area contributed by atoms with Gasteiger partial charge in [-0.25, -0.2) is 17.8 Å². The van der Waals surface area contributed by atoms with Crippen LogP contribution in [0.15, 0.2) is 29.2 Å². The molecular weight excluding hydrogens is 329 g/mol. The van der Waals surface area contributed by atoms with E-state index in [2.05, 4.69) is 15.0 Å². The number of aromatic nitrogens is 1. The Kier molecular flexibility index (Phi) is 3.83. The van der Waals surface area contributed by atoms with Crippen molar-refractivity contribution in [3.05, 3.63) is 40.7 Å². The molecule has 1 aromatic heterocycles. The number of rotatable bonds is 3. The van der Waals surface area contributed by atoms with E-state index in [9.17, 15) is 17.6 Å². The second kappa shape index (κ2) is 5.65. The lowest BCUT2D eigenvalue weighted by atomic mass is 10.2. The van der Waals surface area contributed by atoms with Crippen LogP contribution in [-0.4, -0.2) is 25.9 Å². The molecule has 22 heavy (non-hydrogen) atoms. The van der Waals surface area contributed by atoms with Crippen molar-refractivity contribution >= 4 is 32.4 Å². The van der Waals surface area contributed by atoms with Gasteiger partial charge in [0, 0.05) is 6.54 Å². The number of benzene rings is 1. The highest BCUT2D eigenvalue weighted by atomic mass is 32.2. The zero-order valence-corrected chi connectivity index (χ0v) is 12.9. The number of fused-ring (bicyclic) bond motifs is 1. The third-order valence-corrected chi connectivity index (χ3v) is 5.59. The maximum absolute atomic E-state index is 13.2. The van der Waals surface area contributed by atoms with Gasteiger partial charge >= 0.3 is 0 Å². The fourth-order valence-corrected chi connectivity index (χ4v) is 4.28. The molecule has 6 nitrogen and oxygen atoms in total. The summed E-state index contributed by atoms with van der Waals surface area (Å²) in [5.41, 5.74) is 0.581. The molecule has 0 radical (unpaired) electrons. The fraction of sp³-hybridized carbons (Fsp3) is 0.231. The van der Waals surface area contributed by atoms with Gasteiger partial charge in [-0.05, 0) is 31.0 Å². The number of carbonyl (C=O) groups excluding carboxylic acids is 1. The maximum atomic E-state index is 13.2. The van der Waals surface area contributed by atoms with Crippen LogP contribution in [0.1, 0.15) is 21.8 Å². The van der Waals surface area contributed by atoms with E-state index in [-0.39, 0.29) is 15.9 Å².